The zero-order valence-electron chi connectivity index (χ0n) is 12.3. The van der Waals surface area contributed by atoms with Crippen molar-refractivity contribution in [1.82, 2.24) is 10.3 Å². The molecule has 0 aliphatic rings. The van der Waals surface area contributed by atoms with Gasteiger partial charge >= 0.3 is 0 Å². The molecule has 0 saturated carbocycles. The Morgan fingerprint density at radius 3 is 2.65 bits per heavy atom. The van der Waals surface area contributed by atoms with Gasteiger partial charge in [-0.25, -0.2) is 0 Å². The quantitative estimate of drug-likeness (QED) is 0.796. The number of ether oxygens (including phenoxy) is 1. The first-order chi connectivity index (χ1) is 11.1. The minimum atomic E-state index is -0.481. The fourth-order valence-corrected chi connectivity index (χ4v) is 1.64. The zero-order chi connectivity index (χ0) is 16.5. The number of hydrogen-bond donors (Lipinski definition) is 2. The van der Waals surface area contributed by atoms with E-state index in [1.165, 1.54) is 6.20 Å². The van der Waals surface area contributed by atoms with E-state index in [9.17, 15) is 9.59 Å². The minimum Gasteiger partial charge on any atom is -0.482 e. The van der Waals surface area contributed by atoms with Gasteiger partial charge in [-0.05, 0) is 36.4 Å². The molecule has 0 saturated heterocycles. The molecular formula is C17H15N3O3. The highest BCUT2D eigenvalue weighted by atomic mass is 16.5. The highest BCUT2D eigenvalue weighted by Gasteiger charge is 2.01. The molecule has 23 heavy (non-hydrogen) atoms. The molecule has 0 aliphatic carbocycles. The van der Waals surface area contributed by atoms with E-state index in [0.717, 1.165) is 5.56 Å². The maximum absolute atomic E-state index is 11.6. The number of amides is 2. The van der Waals surface area contributed by atoms with Gasteiger partial charge in [-0.15, -0.1) is 0 Å². The number of nitrogens with one attached hydrogen (secondary N) is 1. The van der Waals surface area contributed by atoms with Crippen molar-refractivity contribution in [2.75, 3.05) is 13.2 Å². The van der Waals surface area contributed by atoms with Crippen LogP contribution in [-0.2, 0) is 4.79 Å². The number of primary amides is 1. The number of carbonyl (C=O) groups excluding carboxylic acids is 2. The third-order valence-corrected chi connectivity index (χ3v) is 2.78. The number of nitrogens with zero attached hydrogens (tertiary/aromatic N) is 1. The highest BCUT2D eigenvalue weighted by molar-refractivity contribution is 5.92. The molecule has 0 aliphatic heterocycles. The van der Waals surface area contributed by atoms with Crippen LogP contribution in [0.2, 0.25) is 0 Å². The van der Waals surface area contributed by atoms with E-state index in [1.807, 2.05) is 0 Å². The molecule has 1 aromatic heterocycles. The monoisotopic (exact) mass is 309 g/mol. The van der Waals surface area contributed by atoms with Crippen molar-refractivity contribution in [3.05, 3.63) is 59.9 Å². The first kappa shape index (κ1) is 16.0. The molecule has 0 bridgehead atoms. The largest absolute Gasteiger partial charge is 0.482 e. The van der Waals surface area contributed by atoms with Crippen LogP contribution in [0.4, 0.5) is 0 Å². The lowest BCUT2D eigenvalue weighted by Gasteiger charge is -2.04. The Hall–Kier alpha value is -3.33. The van der Waals surface area contributed by atoms with Gasteiger partial charge in [0.2, 0.25) is 5.91 Å². The lowest BCUT2D eigenvalue weighted by molar-refractivity contribution is -0.122. The summed E-state index contributed by atoms with van der Waals surface area (Å²) in [6.07, 6.45) is 3.15. The third-order valence-electron chi connectivity index (χ3n) is 2.78. The van der Waals surface area contributed by atoms with Crippen molar-refractivity contribution in [2.45, 2.75) is 0 Å². The van der Waals surface area contributed by atoms with Gasteiger partial charge in [-0.2, -0.15) is 0 Å². The SMILES string of the molecule is NC(=O)c1ccc(C#CCNC(=O)COc2cccnc2)cc1. The van der Waals surface area contributed by atoms with Crippen LogP contribution in [0.15, 0.2) is 48.8 Å². The van der Waals surface area contributed by atoms with E-state index >= 15 is 0 Å². The molecule has 2 amide bonds. The summed E-state index contributed by atoms with van der Waals surface area (Å²) < 4.78 is 5.25. The number of pyridine rings is 1. The lowest BCUT2D eigenvalue weighted by Crippen LogP contribution is -2.29. The summed E-state index contributed by atoms with van der Waals surface area (Å²) in [5, 5.41) is 2.62. The smallest absolute Gasteiger partial charge is 0.258 e. The topological polar surface area (TPSA) is 94.3 Å². The number of rotatable bonds is 5. The Morgan fingerprint density at radius 1 is 1.22 bits per heavy atom. The van der Waals surface area contributed by atoms with Gasteiger partial charge in [0, 0.05) is 17.3 Å². The average molecular weight is 309 g/mol. The normalized spacial score (nSPS) is 9.39. The fourth-order valence-electron chi connectivity index (χ4n) is 1.64. The average Bonchev–Trinajstić information content (AvgIpc) is 2.58. The van der Waals surface area contributed by atoms with Gasteiger partial charge in [0.25, 0.3) is 5.91 Å². The first-order valence-corrected chi connectivity index (χ1v) is 6.83. The summed E-state index contributed by atoms with van der Waals surface area (Å²) in [5.41, 5.74) is 6.31. The Kier molecular flexibility index (Phi) is 5.72. The maximum Gasteiger partial charge on any atom is 0.258 e. The first-order valence-electron chi connectivity index (χ1n) is 6.83. The molecular weight excluding hydrogens is 294 g/mol. The van der Waals surface area contributed by atoms with Crippen LogP contribution in [0, 0.1) is 11.8 Å². The molecule has 0 unspecified atom stereocenters. The number of carbonyl (C=O) groups is 2. The fraction of sp³-hybridized carbons (Fsp3) is 0.118. The van der Waals surface area contributed by atoms with E-state index in [-0.39, 0.29) is 19.1 Å². The van der Waals surface area contributed by atoms with Gasteiger partial charge in [0.1, 0.15) is 5.75 Å². The third kappa shape index (κ3) is 5.52. The molecule has 116 valence electrons. The molecule has 2 aromatic rings. The molecule has 0 radical (unpaired) electrons. The van der Waals surface area contributed by atoms with Crippen LogP contribution in [0.3, 0.4) is 0 Å². The van der Waals surface area contributed by atoms with Gasteiger partial charge in [0.15, 0.2) is 6.61 Å². The molecule has 2 rings (SSSR count). The second-order valence-corrected chi connectivity index (χ2v) is 4.50. The van der Waals surface area contributed by atoms with Gasteiger partial charge in [0.05, 0.1) is 12.7 Å². The second-order valence-electron chi connectivity index (χ2n) is 4.50. The van der Waals surface area contributed by atoms with Crippen molar-refractivity contribution in [3.8, 4) is 17.6 Å². The van der Waals surface area contributed by atoms with Crippen molar-refractivity contribution in [2.24, 2.45) is 5.73 Å². The van der Waals surface area contributed by atoms with Crippen molar-refractivity contribution in [1.29, 1.82) is 0 Å². The summed E-state index contributed by atoms with van der Waals surface area (Å²) in [5.74, 6) is 5.46. The summed E-state index contributed by atoms with van der Waals surface area (Å²) in [4.78, 5) is 26.4. The highest BCUT2D eigenvalue weighted by Crippen LogP contribution is 2.05. The van der Waals surface area contributed by atoms with Crippen molar-refractivity contribution in [3.63, 3.8) is 0 Å². The molecule has 6 heteroatoms. The number of aromatic nitrogens is 1. The van der Waals surface area contributed by atoms with Crippen LogP contribution < -0.4 is 15.8 Å². The summed E-state index contributed by atoms with van der Waals surface area (Å²) in [6, 6.07) is 10.0. The van der Waals surface area contributed by atoms with Crippen molar-refractivity contribution >= 4 is 11.8 Å². The zero-order valence-corrected chi connectivity index (χ0v) is 12.3. The predicted octanol–water partition coefficient (Wildman–Crippen LogP) is 0.727. The standard InChI is InChI=1S/C17H15N3O3/c18-17(22)14-7-5-13(6-8-14)3-1-10-20-16(21)12-23-15-4-2-9-19-11-15/h2,4-9,11H,10,12H2,(H2,18,22)(H,20,21). The van der Waals surface area contributed by atoms with Crippen LogP contribution in [0.1, 0.15) is 15.9 Å². The summed E-state index contributed by atoms with van der Waals surface area (Å²) in [7, 11) is 0. The Labute approximate surface area is 133 Å². The number of nitrogens with two attached hydrogens (primary N) is 1. The van der Waals surface area contributed by atoms with E-state index in [4.69, 9.17) is 10.5 Å². The van der Waals surface area contributed by atoms with E-state index < -0.39 is 5.91 Å². The molecule has 6 nitrogen and oxygen atoms in total. The summed E-state index contributed by atoms with van der Waals surface area (Å²) in [6.45, 7) is 0.105. The molecule has 0 atom stereocenters. The Balaban J connectivity index is 1.74. The molecule has 1 heterocycles. The van der Waals surface area contributed by atoms with Crippen LogP contribution in [-0.4, -0.2) is 29.9 Å². The van der Waals surface area contributed by atoms with E-state index in [1.54, 1.807) is 42.6 Å². The number of hydrogen-bond acceptors (Lipinski definition) is 4. The van der Waals surface area contributed by atoms with E-state index in [0.29, 0.717) is 11.3 Å². The second kappa shape index (κ2) is 8.20. The minimum absolute atomic E-state index is 0.0965. The molecule has 0 spiro atoms. The maximum atomic E-state index is 11.6. The van der Waals surface area contributed by atoms with Crippen LogP contribution in [0.5, 0.6) is 5.75 Å². The Bertz CT molecular complexity index is 731. The van der Waals surface area contributed by atoms with E-state index in [2.05, 4.69) is 22.1 Å². The molecule has 1 aromatic carbocycles. The Morgan fingerprint density at radius 2 is 2.00 bits per heavy atom. The van der Waals surface area contributed by atoms with Gasteiger partial charge in [-0.1, -0.05) is 11.8 Å². The predicted molar refractivity (Wildman–Crippen MR) is 84.6 cm³/mol. The van der Waals surface area contributed by atoms with Gasteiger partial charge < -0.3 is 15.8 Å². The van der Waals surface area contributed by atoms with Crippen molar-refractivity contribution < 1.29 is 14.3 Å². The van der Waals surface area contributed by atoms with Crippen LogP contribution >= 0.6 is 0 Å². The molecule has 0 fully saturated rings. The lowest BCUT2D eigenvalue weighted by atomic mass is 10.1. The molecule has 3 N–H and O–H groups in total. The number of benzene rings is 1. The van der Waals surface area contributed by atoms with Gasteiger partial charge in [-0.3, -0.25) is 14.6 Å². The van der Waals surface area contributed by atoms with Crippen LogP contribution in [0.25, 0.3) is 0 Å². The summed E-state index contributed by atoms with van der Waals surface area (Å²) >= 11 is 0.